The number of nitrogens with zero attached hydrogens (tertiary/aromatic N) is 1. The summed E-state index contributed by atoms with van der Waals surface area (Å²) in [6, 6.07) is 24.1. The van der Waals surface area contributed by atoms with Gasteiger partial charge in [0.2, 0.25) is 11.8 Å². The minimum Gasteiger partial charge on any atom is -0.484 e. The highest BCUT2D eigenvalue weighted by Crippen LogP contribution is 2.27. The fourth-order valence-electron chi connectivity index (χ4n) is 3.76. The minimum atomic E-state index is -0.393. The van der Waals surface area contributed by atoms with Crippen LogP contribution < -0.4 is 20.3 Å². The summed E-state index contributed by atoms with van der Waals surface area (Å²) in [6.07, 6.45) is 0.178. The Labute approximate surface area is 198 Å². The second-order valence-corrected chi connectivity index (χ2v) is 8.31. The maximum absolute atomic E-state index is 12.6. The van der Waals surface area contributed by atoms with Gasteiger partial charge in [0.1, 0.15) is 5.75 Å². The molecule has 7 nitrogen and oxygen atoms in total. The predicted octanol–water partition coefficient (Wildman–Crippen LogP) is 3.68. The monoisotopic (exact) mass is 457 g/mol. The summed E-state index contributed by atoms with van der Waals surface area (Å²) >= 11 is 0. The van der Waals surface area contributed by atoms with Gasteiger partial charge in [-0.1, -0.05) is 48.0 Å². The fourth-order valence-corrected chi connectivity index (χ4v) is 3.76. The lowest BCUT2D eigenvalue weighted by atomic mass is 10.1. The topological polar surface area (TPSA) is 87.7 Å². The molecule has 0 radical (unpaired) electrons. The van der Waals surface area contributed by atoms with Crippen LogP contribution in [0.4, 0.5) is 11.4 Å². The molecule has 1 aliphatic rings. The van der Waals surface area contributed by atoms with E-state index in [1.807, 2.05) is 49.4 Å². The summed E-state index contributed by atoms with van der Waals surface area (Å²) in [4.78, 5) is 38.8. The average molecular weight is 458 g/mol. The lowest BCUT2D eigenvalue weighted by Gasteiger charge is -2.17. The van der Waals surface area contributed by atoms with Crippen LogP contribution in [0.25, 0.3) is 0 Å². The first kappa shape index (κ1) is 23.0. The zero-order chi connectivity index (χ0) is 23.9. The molecule has 3 aromatic carbocycles. The molecular formula is C27H27N3O4. The van der Waals surface area contributed by atoms with Gasteiger partial charge in [0.05, 0.1) is 5.92 Å². The van der Waals surface area contributed by atoms with Crippen molar-refractivity contribution in [1.82, 2.24) is 5.32 Å². The smallest absolute Gasteiger partial charge is 0.262 e. The molecule has 174 valence electrons. The molecule has 0 saturated carbocycles. The Bertz CT molecular complexity index is 1140. The van der Waals surface area contributed by atoms with Gasteiger partial charge in [-0.05, 0) is 48.9 Å². The van der Waals surface area contributed by atoms with E-state index in [4.69, 9.17) is 4.74 Å². The third kappa shape index (κ3) is 6.01. The second kappa shape index (κ2) is 10.7. The molecule has 0 bridgehead atoms. The van der Waals surface area contributed by atoms with Crippen LogP contribution in [0.2, 0.25) is 0 Å². The van der Waals surface area contributed by atoms with E-state index in [1.165, 1.54) is 5.56 Å². The number of carbonyl (C=O) groups is 3. The largest absolute Gasteiger partial charge is 0.484 e. The quantitative estimate of drug-likeness (QED) is 0.540. The number of nitrogens with one attached hydrogen (secondary N) is 2. The van der Waals surface area contributed by atoms with Crippen LogP contribution in [0, 0.1) is 12.8 Å². The van der Waals surface area contributed by atoms with Crippen molar-refractivity contribution < 1.29 is 19.1 Å². The van der Waals surface area contributed by atoms with Crippen LogP contribution in [0.1, 0.15) is 17.5 Å². The van der Waals surface area contributed by atoms with E-state index in [0.29, 0.717) is 30.2 Å². The van der Waals surface area contributed by atoms with Crippen LogP contribution in [-0.4, -0.2) is 30.9 Å². The molecule has 1 atom stereocenters. The van der Waals surface area contributed by atoms with Crippen LogP contribution in [-0.2, 0) is 20.9 Å². The predicted molar refractivity (Wildman–Crippen MR) is 130 cm³/mol. The number of benzene rings is 3. The van der Waals surface area contributed by atoms with Crippen LogP contribution in [0.5, 0.6) is 5.75 Å². The summed E-state index contributed by atoms with van der Waals surface area (Å²) in [5.74, 6) is -0.349. The maximum Gasteiger partial charge on any atom is 0.262 e. The number of rotatable bonds is 8. The van der Waals surface area contributed by atoms with E-state index in [2.05, 4.69) is 10.6 Å². The molecule has 1 aliphatic heterocycles. The van der Waals surface area contributed by atoms with Crippen LogP contribution in [0.3, 0.4) is 0 Å². The number of ether oxygens (including phenoxy) is 1. The number of hydrogen-bond donors (Lipinski definition) is 2. The van der Waals surface area contributed by atoms with Gasteiger partial charge in [0.15, 0.2) is 6.61 Å². The number of anilines is 2. The molecule has 3 aromatic rings. The van der Waals surface area contributed by atoms with E-state index in [0.717, 1.165) is 5.56 Å². The van der Waals surface area contributed by atoms with Crippen molar-refractivity contribution in [2.24, 2.45) is 5.92 Å². The zero-order valence-electron chi connectivity index (χ0n) is 19.0. The Balaban J connectivity index is 1.26. The Hall–Kier alpha value is -4.13. The standard InChI is InChI=1S/C27H27N3O4/c1-19-7-9-20(10-8-19)16-28-27(33)21-15-26(32)30(17-21)23-11-13-24(14-12-23)34-18-25(31)29-22-5-3-2-4-6-22/h2-14,21H,15-18H2,1H3,(H,28,33)(H,29,31)/t21-/m1/s1. The fraction of sp³-hybridized carbons (Fsp3) is 0.222. The molecule has 0 spiro atoms. The van der Waals surface area contributed by atoms with Crippen LogP contribution >= 0.6 is 0 Å². The Kier molecular flexibility index (Phi) is 7.22. The first-order valence-electron chi connectivity index (χ1n) is 11.2. The van der Waals surface area contributed by atoms with E-state index in [9.17, 15) is 14.4 Å². The minimum absolute atomic E-state index is 0.0913. The highest BCUT2D eigenvalue weighted by atomic mass is 16.5. The van der Waals surface area contributed by atoms with Gasteiger partial charge >= 0.3 is 0 Å². The van der Waals surface area contributed by atoms with Crippen molar-refractivity contribution >= 4 is 29.1 Å². The molecule has 1 fully saturated rings. The highest BCUT2D eigenvalue weighted by Gasteiger charge is 2.35. The number of aryl methyl sites for hydroxylation is 1. The SMILES string of the molecule is Cc1ccc(CNC(=O)[C@@H]2CC(=O)N(c3ccc(OCC(=O)Nc4ccccc4)cc3)C2)cc1. The molecule has 0 unspecified atom stereocenters. The second-order valence-electron chi connectivity index (χ2n) is 8.31. The summed E-state index contributed by atoms with van der Waals surface area (Å²) in [6.45, 7) is 2.66. The molecular weight excluding hydrogens is 430 g/mol. The lowest BCUT2D eigenvalue weighted by molar-refractivity contribution is -0.126. The van der Waals surface area contributed by atoms with Gasteiger partial charge in [-0.15, -0.1) is 0 Å². The molecule has 7 heteroatoms. The Morgan fingerprint density at radius 1 is 0.971 bits per heavy atom. The molecule has 0 aliphatic carbocycles. The van der Waals surface area contributed by atoms with Crippen molar-refractivity contribution in [2.45, 2.75) is 19.9 Å². The lowest BCUT2D eigenvalue weighted by Crippen LogP contribution is -2.32. The third-order valence-corrected chi connectivity index (χ3v) is 5.66. The van der Waals surface area contributed by atoms with Crippen molar-refractivity contribution in [3.8, 4) is 5.75 Å². The van der Waals surface area contributed by atoms with Gasteiger partial charge in [0.25, 0.3) is 5.91 Å². The number of amides is 3. The molecule has 1 heterocycles. The normalized spacial score (nSPS) is 15.1. The summed E-state index contributed by atoms with van der Waals surface area (Å²) in [5.41, 5.74) is 3.59. The van der Waals surface area contributed by atoms with Gasteiger partial charge in [-0.25, -0.2) is 0 Å². The Morgan fingerprint density at radius 3 is 2.38 bits per heavy atom. The molecule has 1 saturated heterocycles. The zero-order valence-corrected chi connectivity index (χ0v) is 19.0. The van der Waals surface area contributed by atoms with Gasteiger partial charge in [0, 0.05) is 30.9 Å². The molecule has 4 rings (SSSR count). The van der Waals surface area contributed by atoms with Gasteiger partial charge in [-0.3, -0.25) is 14.4 Å². The van der Waals surface area contributed by atoms with E-state index < -0.39 is 5.92 Å². The number of para-hydroxylation sites is 1. The molecule has 3 amide bonds. The highest BCUT2D eigenvalue weighted by molar-refractivity contribution is 6.00. The average Bonchev–Trinajstić information content (AvgIpc) is 3.25. The van der Waals surface area contributed by atoms with E-state index in [1.54, 1.807) is 41.3 Å². The number of carbonyl (C=O) groups excluding carboxylic acids is 3. The van der Waals surface area contributed by atoms with Crippen molar-refractivity contribution in [3.63, 3.8) is 0 Å². The third-order valence-electron chi connectivity index (χ3n) is 5.66. The number of hydrogen-bond acceptors (Lipinski definition) is 4. The van der Waals surface area contributed by atoms with Gasteiger partial charge < -0.3 is 20.3 Å². The molecule has 2 N–H and O–H groups in total. The van der Waals surface area contributed by atoms with Crippen molar-refractivity contribution in [1.29, 1.82) is 0 Å². The van der Waals surface area contributed by atoms with E-state index in [-0.39, 0.29) is 30.7 Å². The maximum atomic E-state index is 12.6. The molecule has 34 heavy (non-hydrogen) atoms. The van der Waals surface area contributed by atoms with Crippen LogP contribution in [0.15, 0.2) is 78.9 Å². The van der Waals surface area contributed by atoms with Crippen molar-refractivity contribution in [2.75, 3.05) is 23.4 Å². The van der Waals surface area contributed by atoms with Crippen molar-refractivity contribution in [3.05, 3.63) is 90.0 Å². The first-order valence-corrected chi connectivity index (χ1v) is 11.2. The van der Waals surface area contributed by atoms with Gasteiger partial charge in [-0.2, -0.15) is 0 Å². The molecule has 0 aromatic heterocycles. The first-order chi connectivity index (χ1) is 16.5. The summed E-state index contributed by atoms with van der Waals surface area (Å²) < 4.78 is 5.55. The Morgan fingerprint density at radius 2 is 1.68 bits per heavy atom. The summed E-state index contributed by atoms with van der Waals surface area (Å²) in [5, 5.41) is 5.69. The summed E-state index contributed by atoms with van der Waals surface area (Å²) in [7, 11) is 0. The van der Waals surface area contributed by atoms with E-state index >= 15 is 0 Å².